The molecule has 1 saturated carbocycles. The number of hydrogen-bond acceptors (Lipinski definition) is 4. The van der Waals surface area contributed by atoms with E-state index in [1.54, 1.807) is 11.8 Å². The molecule has 21 heavy (non-hydrogen) atoms. The first-order chi connectivity index (χ1) is 10.2. The van der Waals surface area contributed by atoms with Crippen molar-refractivity contribution >= 4 is 23.4 Å². The number of nitrogens with two attached hydrogens (primary N) is 1. The van der Waals surface area contributed by atoms with Gasteiger partial charge in [0.2, 0.25) is 5.91 Å². The fourth-order valence-corrected chi connectivity index (χ4v) is 3.71. The van der Waals surface area contributed by atoms with Crippen molar-refractivity contribution in [2.24, 2.45) is 11.7 Å². The number of likely N-dealkylation sites (N-methyl/N-ethyl adjacent to an activating group) is 1. The Balaban J connectivity index is 1.92. The van der Waals surface area contributed by atoms with E-state index < -0.39 is 0 Å². The van der Waals surface area contributed by atoms with Crippen LogP contribution in [0.5, 0.6) is 0 Å². The lowest BCUT2D eigenvalue weighted by Gasteiger charge is -2.28. The van der Waals surface area contributed by atoms with Crippen molar-refractivity contribution in [1.82, 2.24) is 4.90 Å². The monoisotopic (exact) mass is 307 g/mol. The minimum Gasteiger partial charge on any atom is -0.330 e. The molecule has 116 valence electrons. The predicted octanol–water partition coefficient (Wildman–Crippen LogP) is 2.41. The van der Waals surface area contributed by atoms with Gasteiger partial charge in [0.25, 0.3) is 0 Å². The van der Waals surface area contributed by atoms with Crippen LogP contribution in [-0.4, -0.2) is 43.2 Å². The van der Waals surface area contributed by atoms with E-state index in [1.165, 1.54) is 12.8 Å². The largest absolute Gasteiger partial charge is 0.330 e. The molecule has 0 spiro atoms. The SMILES string of the molecule is CSc1ccccc1NC(=O)CN(C)C1CCCC1CN. The molecule has 3 N–H and O–H groups in total. The van der Waals surface area contributed by atoms with Crippen molar-refractivity contribution in [3.8, 4) is 0 Å². The van der Waals surface area contributed by atoms with E-state index in [1.807, 2.05) is 37.6 Å². The molecule has 0 aliphatic heterocycles. The Morgan fingerprint density at radius 2 is 2.19 bits per heavy atom. The van der Waals surface area contributed by atoms with Crippen LogP contribution in [0.4, 0.5) is 5.69 Å². The maximum Gasteiger partial charge on any atom is 0.238 e. The molecular weight excluding hydrogens is 282 g/mol. The van der Waals surface area contributed by atoms with Crippen LogP contribution in [-0.2, 0) is 4.79 Å². The van der Waals surface area contributed by atoms with Crippen molar-refractivity contribution in [2.45, 2.75) is 30.2 Å². The highest BCUT2D eigenvalue weighted by Crippen LogP contribution is 2.28. The minimum absolute atomic E-state index is 0.0432. The zero-order valence-electron chi connectivity index (χ0n) is 12.8. The number of anilines is 1. The molecule has 0 aromatic heterocycles. The summed E-state index contributed by atoms with van der Waals surface area (Å²) in [6, 6.07) is 8.34. The second kappa shape index (κ2) is 7.82. The summed E-state index contributed by atoms with van der Waals surface area (Å²) in [7, 11) is 2.03. The second-order valence-electron chi connectivity index (χ2n) is 5.66. The van der Waals surface area contributed by atoms with E-state index in [2.05, 4.69) is 10.2 Å². The van der Waals surface area contributed by atoms with Gasteiger partial charge in [-0.3, -0.25) is 9.69 Å². The number of thioether (sulfide) groups is 1. The number of benzene rings is 1. The topological polar surface area (TPSA) is 58.4 Å². The third kappa shape index (κ3) is 4.22. The standard InChI is InChI=1S/C16H25N3OS/c1-19(14-8-5-6-12(14)10-17)11-16(20)18-13-7-3-4-9-15(13)21-2/h3-4,7,9,12,14H,5-6,8,10-11,17H2,1-2H3,(H,18,20). The summed E-state index contributed by atoms with van der Waals surface area (Å²) in [6.07, 6.45) is 5.56. The maximum atomic E-state index is 12.2. The summed E-state index contributed by atoms with van der Waals surface area (Å²) < 4.78 is 0. The van der Waals surface area contributed by atoms with Gasteiger partial charge in [-0.25, -0.2) is 0 Å². The minimum atomic E-state index is 0.0432. The van der Waals surface area contributed by atoms with Gasteiger partial charge in [0.05, 0.1) is 12.2 Å². The predicted molar refractivity (Wildman–Crippen MR) is 89.7 cm³/mol. The molecule has 5 heteroatoms. The highest BCUT2D eigenvalue weighted by Gasteiger charge is 2.30. The molecule has 0 bridgehead atoms. The summed E-state index contributed by atoms with van der Waals surface area (Å²) in [5, 5.41) is 3.02. The van der Waals surface area contributed by atoms with Crippen LogP contribution in [0.1, 0.15) is 19.3 Å². The lowest BCUT2D eigenvalue weighted by atomic mass is 10.0. The molecule has 0 saturated heterocycles. The zero-order chi connectivity index (χ0) is 15.2. The van der Waals surface area contributed by atoms with E-state index in [4.69, 9.17) is 5.73 Å². The van der Waals surface area contributed by atoms with Crippen molar-refractivity contribution in [1.29, 1.82) is 0 Å². The van der Waals surface area contributed by atoms with Crippen molar-refractivity contribution in [3.05, 3.63) is 24.3 Å². The van der Waals surface area contributed by atoms with Gasteiger partial charge in [-0.15, -0.1) is 11.8 Å². The lowest BCUT2D eigenvalue weighted by Crippen LogP contribution is -2.41. The van der Waals surface area contributed by atoms with Gasteiger partial charge in [-0.1, -0.05) is 18.6 Å². The van der Waals surface area contributed by atoms with E-state index in [-0.39, 0.29) is 5.91 Å². The van der Waals surface area contributed by atoms with E-state index >= 15 is 0 Å². The van der Waals surface area contributed by atoms with E-state index in [9.17, 15) is 4.79 Å². The van der Waals surface area contributed by atoms with Gasteiger partial charge < -0.3 is 11.1 Å². The number of carbonyl (C=O) groups excluding carboxylic acids is 1. The highest BCUT2D eigenvalue weighted by atomic mass is 32.2. The van der Waals surface area contributed by atoms with Gasteiger partial charge >= 0.3 is 0 Å². The third-order valence-corrected chi connectivity index (χ3v) is 5.06. The summed E-state index contributed by atoms with van der Waals surface area (Å²) in [5.74, 6) is 0.572. The number of nitrogens with zero attached hydrogens (tertiary/aromatic N) is 1. The molecule has 1 aromatic rings. The number of amides is 1. The molecule has 2 unspecified atom stereocenters. The average molecular weight is 307 g/mol. The van der Waals surface area contributed by atoms with Gasteiger partial charge in [-0.2, -0.15) is 0 Å². The molecule has 0 heterocycles. The Kier molecular flexibility index (Phi) is 6.08. The van der Waals surface area contributed by atoms with E-state index in [0.717, 1.165) is 17.0 Å². The van der Waals surface area contributed by atoms with Gasteiger partial charge in [0.15, 0.2) is 0 Å². The van der Waals surface area contributed by atoms with Crippen LogP contribution in [0.3, 0.4) is 0 Å². The molecular formula is C16H25N3OS. The van der Waals surface area contributed by atoms with Crippen molar-refractivity contribution in [2.75, 3.05) is 31.7 Å². The lowest BCUT2D eigenvalue weighted by molar-refractivity contribution is -0.117. The fourth-order valence-electron chi connectivity index (χ4n) is 3.15. The first-order valence-corrected chi connectivity index (χ1v) is 8.71. The summed E-state index contributed by atoms with van der Waals surface area (Å²) >= 11 is 1.64. The van der Waals surface area contributed by atoms with Gasteiger partial charge in [0, 0.05) is 10.9 Å². The first kappa shape index (κ1) is 16.3. The summed E-state index contributed by atoms with van der Waals surface area (Å²) in [5.41, 5.74) is 6.72. The molecule has 1 amide bonds. The summed E-state index contributed by atoms with van der Waals surface area (Å²) in [4.78, 5) is 15.5. The number of nitrogens with one attached hydrogen (secondary N) is 1. The Hall–Kier alpha value is -1.04. The number of para-hydroxylation sites is 1. The fraction of sp³-hybridized carbons (Fsp3) is 0.562. The van der Waals surface area contributed by atoms with Crippen LogP contribution in [0.25, 0.3) is 0 Å². The Morgan fingerprint density at radius 3 is 2.90 bits per heavy atom. The molecule has 1 aliphatic rings. The van der Waals surface area contributed by atoms with Crippen molar-refractivity contribution < 1.29 is 4.79 Å². The van der Waals surface area contributed by atoms with Crippen LogP contribution in [0, 0.1) is 5.92 Å². The average Bonchev–Trinajstić information content (AvgIpc) is 2.96. The molecule has 2 atom stereocenters. The Labute approximate surface area is 131 Å². The second-order valence-corrected chi connectivity index (χ2v) is 6.51. The van der Waals surface area contributed by atoms with Crippen molar-refractivity contribution in [3.63, 3.8) is 0 Å². The quantitative estimate of drug-likeness (QED) is 0.792. The van der Waals surface area contributed by atoms with Crippen LogP contribution in [0.15, 0.2) is 29.2 Å². The van der Waals surface area contributed by atoms with Crippen LogP contribution in [0.2, 0.25) is 0 Å². The third-order valence-electron chi connectivity index (χ3n) is 4.26. The van der Waals surface area contributed by atoms with Crippen LogP contribution < -0.4 is 11.1 Å². The molecule has 0 radical (unpaired) electrons. The van der Waals surface area contributed by atoms with Gasteiger partial charge in [0.1, 0.15) is 0 Å². The summed E-state index contributed by atoms with van der Waals surface area (Å²) in [6.45, 7) is 1.13. The normalized spacial score (nSPS) is 21.7. The molecule has 4 nitrogen and oxygen atoms in total. The van der Waals surface area contributed by atoms with E-state index in [0.29, 0.717) is 25.0 Å². The number of carbonyl (C=O) groups is 1. The molecule has 1 fully saturated rings. The number of hydrogen-bond donors (Lipinski definition) is 2. The number of rotatable bonds is 6. The molecule has 1 aliphatic carbocycles. The zero-order valence-corrected chi connectivity index (χ0v) is 13.7. The smallest absolute Gasteiger partial charge is 0.238 e. The maximum absolute atomic E-state index is 12.2. The molecule has 2 rings (SSSR count). The Morgan fingerprint density at radius 1 is 1.43 bits per heavy atom. The Bertz CT molecular complexity index is 480. The van der Waals surface area contributed by atoms with Gasteiger partial charge in [-0.05, 0) is 50.7 Å². The molecule has 1 aromatic carbocycles. The first-order valence-electron chi connectivity index (χ1n) is 7.49. The highest BCUT2D eigenvalue weighted by molar-refractivity contribution is 7.98. The van der Waals surface area contributed by atoms with Crippen LogP contribution >= 0.6 is 11.8 Å².